The zero-order valence-electron chi connectivity index (χ0n) is 26.8. The molecule has 0 saturated heterocycles. The minimum Gasteiger partial charge on any atom is -0.450 e. The van der Waals surface area contributed by atoms with E-state index in [-0.39, 0.29) is 36.0 Å². The number of hydrogen-bond acceptors (Lipinski definition) is 5. The Morgan fingerprint density at radius 1 is 1.02 bits per heavy atom. The number of fused-ring (bicyclic) bond motifs is 1. The molecule has 3 saturated carbocycles. The summed E-state index contributed by atoms with van der Waals surface area (Å²) in [5.41, 5.74) is -3.95. The van der Waals surface area contributed by atoms with E-state index < -0.39 is 51.6 Å². The molecular weight excluding hydrogens is 583 g/mol. The Hall–Kier alpha value is -2.65. The molecule has 6 aliphatic carbocycles. The maximum atomic E-state index is 14.6. The van der Waals surface area contributed by atoms with Gasteiger partial charge < -0.3 is 19.8 Å². The number of ketones is 1. The van der Waals surface area contributed by atoms with E-state index in [0.29, 0.717) is 57.1 Å². The van der Waals surface area contributed by atoms with Gasteiger partial charge in [0.25, 0.3) is 0 Å². The molecule has 1 unspecified atom stereocenters. The number of ether oxygens (including phenoxy) is 1. The first-order chi connectivity index (χ1) is 21.1. The third-order valence-electron chi connectivity index (χ3n) is 12.9. The van der Waals surface area contributed by atoms with Crippen LogP contribution in [0.15, 0.2) is 48.1 Å². The highest BCUT2D eigenvalue weighted by atomic mass is 19.4. The summed E-state index contributed by atoms with van der Waals surface area (Å²) in [7, 11) is 0. The smallest absolute Gasteiger partial charge is 0.416 e. The van der Waals surface area contributed by atoms with Gasteiger partial charge in [-0.25, -0.2) is 4.79 Å². The number of aliphatic hydroxyl groups is 2. The summed E-state index contributed by atoms with van der Waals surface area (Å²) < 4.78 is 46.6. The molecule has 0 aliphatic heterocycles. The van der Waals surface area contributed by atoms with Crippen LogP contribution in [0.2, 0.25) is 0 Å². The lowest BCUT2D eigenvalue weighted by Crippen LogP contribution is -2.67. The van der Waals surface area contributed by atoms with E-state index in [1.54, 1.807) is 11.8 Å². The van der Waals surface area contributed by atoms with Gasteiger partial charge in [-0.3, -0.25) is 4.79 Å². The van der Waals surface area contributed by atoms with E-state index in [2.05, 4.69) is 26.0 Å². The Balaban J connectivity index is 1.48. The summed E-state index contributed by atoms with van der Waals surface area (Å²) in [5.74, 6) is -0.594. The fourth-order valence-corrected chi connectivity index (χ4v) is 10.6. The highest BCUT2D eigenvalue weighted by Crippen LogP contribution is 2.78. The van der Waals surface area contributed by atoms with Crippen molar-refractivity contribution in [2.45, 2.75) is 96.9 Å². The molecule has 2 N–H and O–H groups in total. The van der Waals surface area contributed by atoms with Gasteiger partial charge in [0.15, 0.2) is 5.78 Å². The number of amides is 1. The molecule has 2 bridgehead atoms. The largest absolute Gasteiger partial charge is 0.450 e. The number of rotatable bonds is 7. The topological polar surface area (TPSA) is 87.1 Å². The van der Waals surface area contributed by atoms with E-state index >= 15 is 0 Å². The maximum Gasteiger partial charge on any atom is 0.416 e. The van der Waals surface area contributed by atoms with Gasteiger partial charge in [0, 0.05) is 33.9 Å². The monoisotopic (exact) mass is 629 g/mol. The van der Waals surface area contributed by atoms with Gasteiger partial charge in [-0.15, -0.1) is 0 Å². The number of alkyl halides is 3. The predicted octanol–water partition coefficient (Wildman–Crippen LogP) is 7.35. The van der Waals surface area contributed by atoms with Crippen LogP contribution in [-0.2, 0) is 10.9 Å². The van der Waals surface area contributed by atoms with E-state index in [4.69, 9.17) is 4.74 Å². The highest BCUT2D eigenvalue weighted by molar-refractivity contribution is 6.10. The van der Waals surface area contributed by atoms with Gasteiger partial charge in [-0.2, -0.15) is 13.2 Å². The van der Waals surface area contributed by atoms with Crippen molar-refractivity contribution in [1.82, 2.24) is 4.90 Å². The predicted molar refractivity (Wildman–Crippen MR) is 163 cm³/mol. The zero-order chi connectivity index (χ0) is 32.6. The number of carbonyl (C=O) groups excluding carboxylic acids is 2. The zero-order valence-corrected chi connectivity index (χ0v) is 26.8. The molecule has 0 aromatic heterocycles. The number of carbonyl (C=O) groups is 2. The van der Waals surface area contributed by atoms with E-state index in [9.17, 15) is 33.0 Å². The lowest BCUT2D eigenvalue weighted by molar-refractivity contribution is -0.175. The molecule has 45 heavy (non-hydrogen) atoms. The van der Waals surface area contributed by atoms with Gasteiger partial charge in [-0.1, -0.05) is 51.1 Å². The lowest BCUT2D eigenvalue weighted by Gasteiger charge is -2.71. The minimum absolute atomic E-state index is 0.00317. The highest BCUT2D eigenvalue weighted by Gasteiger charge is 2.74. The Labute approximate surface area is 263 Å². The average Bonchev–Trinajstić information content (AvgIpc) is 3.26. The fourth-order valence-electron chi connectivity index (χ4n) is 10.6. The summed E-state index contributed by atoms with van der Waals surface area (Å²) in [5, 5.41) is 23.4. The Bertz CT molecular complexity index is 1440. The van der Waals surface area contributed by atoms with Crippen molar-refractivity contribution in [3.63, 3.8) is 0 Å². The van der Waals surface area contributed by atoms with Crippen LogP contribution in [0.3, 0.4) is 0 Å². The van der Waals surface area contributed by atoms with E-state index in [0.717, 1.165) is 18.6 Å². The molecule has 0 radical (unpaired) electrons. The molecule has 246 valence electrons. The molecule has 6 aliphatic rings. The molecule has 1 amide bonds. The molecule has 0 heterocycles. The van der Waals surface area contributed by atoms with Crippen molar-refractivity contribution < 1.29 is 37.7 Å². The lowest BCUT2D eigenvalue weighted by atomic mass is 9.32. The fraction of sp³-hybridized carbons (Fsp3) is 0.667. The summed E-state index contributed by atoms with van der Waals surface area (Å²) in [6, 6.07) is 4.67. The number of halogens is 3. The van der Waals surface area contributed by atoms with Crippen LogP contribution < -0.4 is 0 Å². The molecule has 1 aromatic carbocycles. The third kappa shape index (κ3) is 4.49. The summed E-state index contributed by atoms with van der Waals surface area (Å²) in [6.07, 6.45) is 5.76. The molecular formula is C36H46F3NO5. The summed E-state index contributed by atoms with van der Waals surface area (Å²) in [4.78, 5) is 29.1. The van der Waals surface area contributed by atoms with Crippen LogP contribution in [0.25, 0.3) is 0 Å². The van der Waals surface area contributed by atoms with Crippen molar-refractivity contribution in [2.24, 2.45) is 33.5 Å². The van der Waals surface area contributed by atoms with Gasteiger partial charge in [-0.05, 0) is 87.7 Å². The first kappa shape index (κ1) is 32.3. The van der Waals surface area contributed by atoms with Crippen LogP contribution >= 0.6 is 0 Å². The van der Waals surface area contributed by atoms with Crippen LogP contribution in [0.4, 0.5) is 18.0 Å². The number of nitrogens with zero attached hydrogens (tertiary/aromatic N) is 1. The number of allylic oxidation sites excluding steroid dienone is 4. The molecule has 9 heteroatoms. The van der Waals surface area contributed by atoms with E-state index in [1.165, 1.54) is 12.1 Å². The molecule has 1 aromatic rings. The molecule has 6 nitrogen and oxygen atoms in total. The Morgan fingerprint density at radius 2 is 1.71 bits per heavy atom. The molecule has 8 atom stereocenters. The first-order valence-corrected chi connectivity index (χ1v) is 16.6. The van der Waals surface area contributed by atoms with Crippen LogP contribution in [-0.4, -0.2) is 58.4 Å². The first-order valence-electron chi connectivity index (χ1n) is 16.6. The average molecular weight is 630 g/mol. The van der Waals surface area contributed by atoms with Crippen molar-refractivity contribution >= 4 is 11.9 Å². The Kier molecular flexibility index (Phi) is 7.67. The number of aliphatic hydroxyl groups excluding tert-OH is 1. The Morgan fingerprint density at radius 3 is 2.40 bits per heavy atom. The number of benzene rings is 1. The van der Waals surface area contributed by atoms with Crippen molar-refractivity contribution in [2.75, 3.05) is 19.7 Å². The van der Waals surface area contributed by atoms with Crippen molar-refractivity contribution in [3.8, 4) is 0 Å². The number of hydrogen-bond donors (Lipinski definition) is 2. The van der Waals surface area contributed by atoms with Crippen LogP contribution in [0, 0.1) is 33.5 Å². The number of Topliss-reactive ketones (excluding diaryl/α,β-unsaturated/α-hetero) is 1. The SMILES string of the molecule is CCCN(C[C@]1(O)CC[C@H]2[C@]34C=C[C@@]5(C=C3C(=O)c3cccc(C(F)(F)F)c3)CC(O)CC[C@]5(C)[C@H]4CC[C@@]21C)C(=O)OCC. The molecule has 2 spiro atoms. The van der Waals surface area contributed by atoms with Crippen LogP contribution in [0.1, 0.15) is 95.0 Å². The van der Waals surface area contributed by atoms with Gasteiger partial charge in [0.1, 0.15) is 0 Å². The van der Waals surface area contributed by atoms with Crippen molar-refractivity contribution in [3.05, 3.63) is 59.2 Å². The maximum absolute atomic E-state index is 14.6. The second-order valence-electron chi connectivity index (χ2n) is 14.8. The van der Waals surface area contributed by atoms with Gasteiger partial charge in [0.2, 0.25) is 0 Å². The van der Waals surface area contributed by atoms with Crippen LogP contribution in [0.5, 0.6) is 0 Å². The van der Waals surface area contributed by atoms with E-state index in [1.807, 2.05) is 13.0 Å². The molecule has 3 fully saturated rings. The third-order valence-corrected chi connectivity index (χ3v) is 12.9. The van der Waals surface area contributed by atoms with Gasteiger partial charge in [0.05, 0.1) is 30.4 Å². The second kappa shape index (κ2) is 10.7. The van der Waals surface area contributed by atoms with Gasteiger partial charge >= 0.3 is 12.3 Å². The molecule has 7 rings (SSSR count). The van der Waals surface area contributed by atoms with Crippen molar-refractivity contribution in [1.29, 1.82) is 0 Å². The quantitative estimate of drug-likeness (QED) is 0.243. The summed E-state index contributed by atoms with van der Waals surface area (Å²) >= 11 is 0. The second-order valence-corrected chi connectivity index (χ2v) is 14.8. The standard InChI is InChI=1S/C36H46F3NO5/c1-5-18-40(30(43)45-6-2)22-34(44)15-12-28-32(34,4)14-11-27-31(3)13-10-25(41)20-33(31)16-17-35(27,28)26(21-33)29(42)23-8-7-9-24(19-23)36(37,38)39/h7-9,16-17,19,21,25,27-28,41,44H,5-6,10-15,18,20,22H2,1-4H3/t25?,27-,28-,31-,32+,33+,34-,35-/m1/s1. The minimum atomic E-state index is -4.59. The normalized spacial score (nSPS) is 39.8. The summed E-state index contributed by atoms with van der Waals surface area (Å²) in [6.45, 7) is 8.85.